The summed E-state index contributed by atoms with van der Waals surface area (Å²) in [4.78, 5) is 10.8. The van der Waals surface area contributed by atoms with Gasteiger partial charge in [0, 0.05) is 56.3 Å². The van der Waals surface area contributed by atoms with Crippen LogP contribution in [0.15, 0.2) is 30.9 Å². The normalized spacial score (nSPS) is 27.1. The van der Waals surface area contributed by atoms with Crippen LogP contribution < -0.4 is 4.74 Å². The molecule has 1 aliphatic heterocycles. The fraction of sp³-hybridized carbons (Fsp3) is 0.588. The van der Waals surface area contributed by atoms with E-state index in [2.05, 4.69) is 26.2 Å². The first-order chi connectivity index (χ1) is 11.8. The third kappa shape index (κ3) is 3.27. The second kappa shape index (κ2) is 6.86. The number of hydrogen-bond donors (Lipinski definition) is 0. The smallest absolute Gasteiger partial charge is 0.316 e. The number of fused-ring (bicyclic) bond motifs is 1. The van der Waals surface area contributed by atoms with E-state index < -0.39 is 0 Å². The van der Waals surface area contributed by atoms with E-state index in [0.29, 0.717) is 24.6 Å². The van der Waals surface area contributed by atoms with Gasteiger partial charge in [0.2, 0.25) is 0 Å². The molecule has 1 saturated carbocycles. The van der Waals surface area contributed by atoms with Gasteiger partial charge in [0.1, 0.15) is 0 Å². The summed E-state index contributed by atoms with van der Waals surface area (Å²) in [5, 5.41) is 4.27. The quantitative estimate of drug-likeness (QED) is 0.823. The summed E-state index contributed by atoms with van der Waals surface area (Å²) in [5.41, 5.74) is 1.26. The van der Waals surface area contributed by atoms with Crippen molar-refractivity contribution in [3.63, 3.8) is 0 Å². The van der Waals surface area contributed by atoms with Gasteiger partial charge in [-0.2, -0.15) is 5.10 Å². The number of ether oxygens (including phenoxy) is 2. The van der Waals surface area contributed by atoms with Crippen molar-refractivity contribution in [2.45, 2.75) is 31.5 Å². The Bertz CT molecular complexity index is 662. The van der Waals surface area contributed by atoms with Gasteiger partial charge in [-0.05, 0) is 18.9 Å². The highest BCUT2D eigenvalue weighted by atomic mass is 16.5. The Kier molecular flexibility index (Phi) is 4.44. The standard InChI is InChI=1S/C17H23N5O2/c1-21-10-13(9-20-21)11-22-7-8-23-16-14(3-4-15(16)22)12-24-17-18-5-2-6-19-17/h2,5-6,9-10,14-16H,3-4,7-8,11-12H2,1H3/t14-,15-,16-/m1/s1. The number of morpholine rings is 1. The molecule has 24 heavy (non-hydrogen) atoms. The van der Waals surface area contributed by atoms with E-state index in [1.807, 2.05) is 17.9 Å². The SMILES string of the molecule is Cn1cc(CN2CCO[C@@H]3[C@@H](COc4ncccn4)CC[C@H]32)cn1. The van der Waals surface area contributed by atoms with Crippen molar-refractivity contribution < 1.29 is 9.47 Å². The summed E-state index contributed by atoms with van der Waals surface area (Å²) in [5.74, 6) is 0.399. The summed E-state index contributed by atoms with van der Waals surface area (Å²) in [6.45, 7) is 3.31. The van der Waals surface area contributed by atoms with Gasteiger partial charge in [-0.3, -0.25) is 9.58 Å². The fourth-order valence-electron chi connectivity index (χ4n) is 3.84. The highest BCUT2D eigenvalue weighted by Crippen LogP contribution is 2.35. The van der Waals surface area contributed by atoms with Crippen molar-refractivity contribution in [3.05, 3.63) is 36.4 Å². The molecule has 1 aliphatic carbocycles. The number of hydrogen-bond acceptors (Lipinski definition) is 6. The van der Waals surface area contributed by atoms with Gasteiger partial charge < -0.3 is 9.47 Å². The molecule has 2 aliphatic rings. The minimum Gasteiger partial charge on any atom is -0.463 e. The van der Waals surface area contributed by atoms with E-state index >= 15 is 0 Å². The van der Waals surface area contributed by atoms with Gasteiger partial charge in [0.15, 0.2) is 0 Å². The summed E-state index contributed by atoms with van der Waals surface area (Å²) in [7, 11) is 1.96. The lowest BCUT2D eigenvalue weighted by Gasteiger charge is -2.39. The van der Waals surface area contributed by atoms with Crippen molar-refractivity contribution in [3.8, 4) is 6.01 Å². The molecule has 2 fully saturated rings. The zero-order valence-corrected chi connectivity index (χ0v) is 13.9. The molecule has 0 aromatic carbocycles. The van der Waals surface area contributed by atoms with Crippen LogP contribution in [0, 0.1) is 5.92 Å². The van der Waals surface area contributed by atoms with Crippen LogP contribution in [0.5, 0.6) is 6.01 Å². The molecule has 2 aromatic heterocycles. The topological polar surface area (TPSA) is 65.3 Å². The first-order valence-corrected chi connectivity index (χ1v) is 8.52. The van der Waals surface area contributed by atoms with Gasteiger partial charge in [-0.25, -0.2) is 9.97 Å². The lowest BCUT2D eigenvalue weighted by Crippen LogP contribution is -2.50. The number of aryl methyl sites for hydroxylation is 1. The van der Waals surface area contributed by atoms with E-state index in [1.165, 1.54) is 5.56 Å². The van der Waals surface area contributed by atoms with Crippen molar-refractivity contribution in [1.29, 1.82) is 0 Å². The van der Waals surface area contributed by atoms with E-state index in [-0.39, 0.29) is 6.10 Å². The average Bonchev–Trinajstić information content (AvgIpc) is 3.21. The Hall–Kier alpha value is -1.99. The van der Waals surface area contributed by atoms with E-state index in [4.69, 9.17) is 9.47 Å². The minimum atomic E-state index is 0.235. The van der Waals surface area contributed by atoms with Gasteiger partial charge in [-0.15, -0.1) is 0 Å². The first kappa shape index (κ1) is 15.5. The molecule has 3 atom stereocenters. The third-order valence-corrected chi connectivity index (χ3v) is 4.95. The number of nitrogens with zero attached hydrogens (tertiary/aromatic N) is 5. The van der Waals surface area contributed by atoms with Gasteiger partial charge in [-0.1, -0.05) is 0 Å². The van der Waals surface area contributed by atoms with Crippen LogP contribution in [0.25, 0.3) is 0 Å². The molecule has 0 N–H and O–H groups in total. The van der Waals surface area contributed by atoms with Gasteiger partial charge in [0.05, 0.1) is 25.5 Å². The largest absolute Gasteiger partial charge is 0.463 e. The van der Waals surface area contributed by atoms with E-state index in [0.717, 1.165) is 32.5 Å². The minimum absolute atomic E-state index is 0.235. The Balaban J connectivity index is 1.37. The van der Waals surface area contributed by atoms with Crippen LogP contribution in [-0.4, -0.2) is 56.6 Å². The summed E-state index contributed by atoms with van der Waals surface area (Å²) in [6, 6.07) is 2.70. The Morgan fingerprint density at radius 3 is 2.96 bits per heavy atom. The van der Waals surface area contributed by atoms with Gasteiger partial charge >= 0.3 is 6.01 Å². The predicted molar refractivity (Wildman–Crippen MR) is 87.4 cm³/mol. The van der Waals surface area contributed by atoms with Crippen molar-refractivity contribution in [2.24, 2.45) is 13.0 Å². The monoisotopic (exact) mass is 329 g/mol. The van der Waals surface area contributed by atoms with Crippen molar-refractivity contribution >= 4 is 0 Å². The van der Waals surface area contributed by atoms with Crippen LogP contribution in [0.1, 0.15) is 18.4 Å². The maximum absolute atomic E-state index is 6.09. The third-order valence-electron chi connectivity index (χ3n) is 4.95. The average molecular weight is 329 g/mol. The van der Waals surface area contributed by atoms with Crippen molar-refractivity contribution in [1.82, 2.24) is 24.6 Å². The number of rotatable bonds is 5. The zero-order chi connectivity index (χ0) is 16.4. The maximum Gasteiger partial charge on any atom is 0.316 e. The summed E-state index contributed by atoms with van der Waals surface area (Å²) < 4.78 is 13.7. The first-order valence-electron chi connectivity index (χ1n) is 8.52. The van der Waals surface area contributed by atoms with E-state index in [9.17, 15) is 0 Å². The van der Waals surface area contributed by atoms with Crippen LogP contribution in [0.3, 0.4) is 0 Å². The molecule has 4 rings (SSSR count). The molecule has 0 radical (unpaired) electrons. The van der Waals surface area contributed by atoms with Crippen LogP contribution in [0.2, 0.25) is 0 Å². The van der Waals surface area contributed by atoms with Gasteiger partial charge in [0.25, 0.3) is 0 Å². The number of aromatic nitrogens is 4. The molecule has 0 spiro atoms. The molecule has 7 nitrogen and oxygen atoms in total. The Morgan fingerprint density at radius 2 is 2.17 bits per heavy atom. The maximum atomic E-state index is 6.09. The zero-order valence-electron chi connectivity index (χ0n) is 13.9. The molecule has 3 heterocycles. The van der Waals surface area contributed by atoms with E-state index in [1.54, 1.807) is 18.5 Å². The molecule has 128 valence electrons. The fourth-order valence-corrected chi connectivity index (χ4v) is 3.84. The molecule has 0 amide bonds. The second-order valence-electron chi connectivity index (χ2n) is 6.58. The Morgan fingerprint density at radius 1 is 1.29 bits per heavy atom. The highest BCUT2D eigenvalue weighted by Gasteiger charge is 2.43. The second-order valence-corrected chi connectivity index (χ2v) is 6.58. The molecule has 0 bridgehead atoms. The van der Waals surface area contributed by atoms with Crippen LogP contribution in [0.4, 0.5) is 0 Å². The Labute approximate surface area is 141 Å². The highest BCUT2D eigenvalue weighted by molar-refractivity contribution is 5.06. The van der Waals surface area contributed by atoms with Crippen LogP contribution in [-0.2, 0) is 18.3 Å². The van der Waals surface area contributed by atoms with Crippen molar-refractivity contribution in [2.75, 3.05) is 19.8 Å². The molecular weight excluding hydrogens is 306 g/mol. The predicted octanol–water partition coefficient (Wildman–Crippen LogP) is 1.27. The lowest BCUT2D eigenvalue weighted by atomic mass is 10.0. The molecule has 0 unspecified atom stereocenters. The summed E-state index contributed by atoms with van der Waals surface area (Å²) >= 11 is 0. The summed E-state index contributed by atoms with van der Waals surface area (Å²) in [6.07, 6.45) is 9.94. The molecule has 2 aromatic rings. The molecule has 7 heteroatoms. The van der Waals surface area contributed by atoms with Crippen LogP contribution >= 0.6 is 0 Å². The molecular formula is C17H23N5O2. The molecule has 1 saturated heterocycles. The lowest BCUT2D eigenvalue weighted by molar-refractivity contribution is -0.0819.